The zero-order valence-electron chi connectivity index (χ0n) is 11.6. The second-order valence-corrected chi connectivity index (χ2v) is 6.14. The van der Waals surface area contributed by atoms with E-state index in [1.807, 2.05) is 20.8 Å². The molecule has 0 N–H and O–H groups in total. The maximum Gasteiger partial charge on any atom is 0.187 e. The summed E-state index contributed by atoms with van der Waals surface area (Å²) in [5.41, 5.74) is 0. The van der Waals surface area contributed by atoms with Gasteiger partial charge in [0.15, 0.2) is 12.1 Å². The van der Waals surface area contributed by atoms with Gasteiger partial charge in [0.1, 0.15) is 13.6 Å². The van der Waals surface area contributed by atoms with Gasteiger partial charge in [-0.3, -0.25) is 0 Å². The highest BCUT2D eigenvalue weighted by Gasteiger charge is 2.52. The van der Waals surface area contributed by atoms with Crippen LogP contribution in [0, 0.1) is 5.92 Å². The summed E-state index contributed by atoms with van der Waals surface area (Å²) in [6.07, 6.45) is -0.467. The molecule has 2 heterocycles. The fourth-order valence-corrected chi connectivity index (χ4v) is 2.67. The SMILES string of the molecule is [2H]P([B][3H])SOCC1OC2OC(C)(C)O[C@H]2[C@@H]1C. The van der Waals surface area contributed by atoms with Crippen LogP contribution < -0.4 is 0 Å². The Kier molecular flexibility index (Phi) is 3.39. The first-order valence-corrected chi connectivity index (χ1v) is 7.54. The van der Waals surface area contributed by atoms with Crippen LogP contribution in [0.2, 0.25) is 0 Å². The lowest BCUT2D eigenvalue weighted by Gasteiger charge is -2.23. The molecule has 0 amide bonds. The van der Waals surface area contributed by atoms with Gasteiger partial charge in [0, 0.05) is 17.6 Å². The average molecular weight is 266 g/mol. The van der Waals surface area contributed by atoms with Crippen molar-refractivity contribution in [3.05, 3.63) is 0 Å². The first kappa shape index (κ1) is 10.6. The molecule has 5 atom stereocenters. The first-order chi connectivity index (χ1) is 8.43. The van der Waals surface area contributed by atoms with E-state index in [-0.39, 0.29) is 24.4 Å². The van der Waals surface area contributed by atoms with E-state index in [1.54, 1.807) is 0 Å². The van der Waals surface area contributed by atoms with Gasteiger partial charge in [0.2, 0.25) is 0 Å². The van der Waals surface area contributed by atoms with Gasteiger partial charge in [-0.1, -0.05) is 14.5 Å². The Bertz CT molecular complexity index is 302. The molecule has 2 aliphatic heterocycles. The Balaban J connectivity index is 1.77. The highest BCUT2D eigenvalue weighted by molar-refractivity contribution is 8.53. The molecule has 2 fully saturated rings. The summed E-state index contributed by atoms with van der Waals surface area (Å²) in [4.78, 5) is 0. The molecule has 0 saturated carbocycles. The number of fused-ring (bicyclic) bond motifs is 1. The van der Waals surface area contributed by atoms with Crippen LogP contribution in [0.1, 0.15) is 20.8 Å². The van der Waals surface area contributed by atoms with E-state index in [0.717, 1.165) is 19.2 Å². The topological polar surface area (TPSA) is 36.9 Å². The summed E-state index contributed by atoms with van der Waals surface area (Å²) in [6, 6.07) is 0. The van der Waals surface area contributed by atoms with Crippen LogP contribution in [-0.4, -0.2) is 41.0 Å². The Morgan fingerprint density at radius 2 is 2.50 bits per heavy atom. The molecule has 4 nitrogen and oxygen atoms in total. The van der Waals surface area contributed by atoms with Crippen molar-refractivity contribution in [2.24, 2.45) is 5.92 Å². The number of hydrogen-bond donors (Lipinski definition) is 0. The first-order valence-electron chi connectivity index (χ1n) is 6.26. The molecular formula is C9H17BO4PS. The highest BCUT2D eigenvalue weighted by Crippen LogP contribution is 2.41. The minimum Gasteiger partial charge on any atom is -0.344 e. The van der Waals surface area contributed by atoms with Crippen molar-refractivity contribution in [3.8, 4) is 0 Å². The van der Waals surface area contributed by atoms with Crippen molar-refractivity contribution in [2.75, 3.05) is 6.61 Å². The summed E-state index contributed by atoms with van der Waals surface area (Å²) in [6.45, 7) is 6.19. The fraction of sp³-hybridized carbons (Fsp3) is 1.00. The summed E-state index contributed by atoms with van der Waals surface area (Å²) in [7, 11) is -0.186. The summed E-state index contributed by atoms with van der Waals surface area (Å²) < 4.78 is 36.8. The lowest BCUT2D eigenvalue weighted by atomic mass is 10.0. The van der Waals surface area contributed by atoms with Gasteiger partial charge >= 0.3 is 0 Å². The van der Waals surface area contributed by atoms with Gasteiger partial charge in [-0.05, 0) is 15.2 Å². The summed E-state index contributed by atoms with van der Waals surface area (Å²) >= 11 is 1.02. The monoisotopic (exact) mass is 266 g/mol. The molecule has 0 spiro atoms. The van der Waals surface area contributed by atoms with Gasteiger partial charge in [-0.15, -0.1) is 0 Å². The molecule has 16 heavy (non-hydrogen) atoms. The lowest BCUT2D eigenvalue weighted by molar-refractivity contribution is -0.211. The second kappa shape index (κ2) is 5.13. The third kappa shape index (κ3) is 2.74. The summed E-state index contributed by atoms with van der Waals surface area (Å²) in [5.74, 6) is -0.394. The van der Waals surface area contributed by atoms with Crippen LogP contribution in [0.15, 0.2) is 0 Å². The van der Waals surface area contributed by atoms with Crippen LogP contribution >= 0.6 is 19.3 Å². The molecule has 2 rings (SSSR count). The Morgan fingerprint density at radius 3 is 3.19 bits per heavy atom. The zero-order valence-corrected chi connectivity index (χ0v) is 11.3. The van der Waals surface area contributed by atoms with Crippen molar-refractivity contribution in [1.82, 2.24) is 0 Å². The van der Waals surface area contributed by atoms with Crippen molar-refractivity contribution in [2.45, 2.75) is 45.1 Å². The van der Waals surface area contributed by atoms with Crippen molar-refractivity contribution >= 4 is 26.8 Å². The molecule has 1 radical (unpaired) electrons. The van der Waals surface area contributed by atoms with E-state index in [2.05, 4.69) is 0 Å². The fourth-order valence-electron chi connectivity index (χ4n) is 2.04. The van der Waals surface area contributed by atoms with E-state index in [1.165, 1.54) is 0 Å². The molecule has 0 aromatic heterocycles. The van der Waals surface area contributed by atoms with Gasteiger partial charge in [-0.2, -0.15) is 0 Å². The van der Waals surface area contributed by atoms with Crippen molar-refractivity contribution < 1.29 is 18.4 Å². The molecule has 2 aliphatic rings. The maximum absolute atomic E-state index is 7.39. The van der Waals surface area contributed by atoms with Crippen LogP contribution in [0.25, 0.3) is 0 Å². The second-order valence-electron chi connectivity index (χ2n) is 4.47. The minimum atomic E-state index is -1.27. The van der Waals surface area contributed by atoms with Gasteiger partial charge in [0.05, 0.1) is 14.0 Å². The molecule has 3 unspecified atom stereocenters. The predicted molar refractivity (Wildman–Crippen MR) is 66.9 cm³/mol. The number of hydrogen-bond acceptors (Lipinski definition) is 5. The summed E-state index contributed by atoms with van der Waals surface area (Å²) in [5, 5.41) is 0. The van der Waals surface area contributed by atoms with Crippen LogP contribution in [0.3, 0.4) is 0 Å². The Morgan fingerprint density at radius 1 is 1.69 bits per heavy atom. The third-order valence-corrected chi connectivity index (χ3v) is 3.73. The number of rotatable bonds is 5. The van der Waals surface area contributed by atoms with E-state index in [0.29, 0.717) is 6.61 Å². The predicted octanol–water partition coefficient (Wildman–Crippen LogP) is 1.57. The minimum absolute atomic E-state index is 0.0566. The molecule has 0 aromatic carbocycles. The Hall–Kier alpha value is 0.685. The average Bonchev–Trinajstić information content (AvgIpc) is 2.74. The quantitative estimate of drug-likeness (QED) is 0.429. The Labute approximate surface area is 106 Å². The maximum atomic E-state index is 7.39. The van der Waals surface area contributed by atoms with Gasteiger partial charge in [-0.25, -0.2) is 0 Å². The largest absolute Gasteiger partial charge is 0.344 e. The van der Waals surface area contributed by atoms with Crippen LogP contribution in [0.4, 0.5) is 0 Å². The molecule has 0 bridgehead atoms. The third-order valence-electron chi connectivity index (χ3n) is 2.83. The van der Waals surface area contributed by atoms with E-state index in [9.17, 15) is 0 Å². The van der Waals surface area contributed by atoms with Gasteiger partial charge < -0.3 is 18.4 Å². The van der Waals surface area contributed by atoms with Crippen LogP contribution in [-0.2, 0) is 18.4 Å². The molecule has 0 aliphatic carbocycles. The molecule has 7 heteroatoms. The zero-order chi connectivity index (χ0) is 13.3. The van der Waals surface area contributed by atoms with Crippen molar-refractivity contribution in [3.63, 3.8) is 0 Å². The number of ether oxygens (including phenoxy) is 3. The molecular weight excluding hydrogens is 246 g/mol. The molecule has 0 aromatic rings. The lowest BCUT2D eigenvalue weighted by Crippen LogP contribution is -2.30. The van der Waals surface area contributed by atoms with E-state index in [4.69, 9.17) is 21.0 Å². The standard InChI is InChI=1S/C9H17BO4PS/c1-5-6(4-11-16-15-10)12-8-7(5)13-9(2,3)14-8/h5-8,10,15H,4H2,1-3H3/t5-,6?,7+,8?,15?/m1/s1/i10T,15D. The van der Waals surface area contributed by atoms with Crippen LogP contribution in [0.5, 0.6) is 0 Å². The smallest absolute Gasteiger partial charge is 0.187 e. The van der Waals surface area contributed by atoms with Gasteiger partial charge in [0.25, 0.3) is 0 Å². The van der Waals surface area contributed by atoms with Crippen molar-refractivity contribution in [1.29, 1.82) is 2.61 Å². The molecule has 91 valence electrons. The highest BCUT2D eigenvalue weighted by atomic mass is 32.7. The van der Waals surface area contributed by atoms with E-state index >= 15 is 0 Å². The van der Waals surface area contributed by atoms with E-state index < -0.39 is 13.4 Å². The normalized spacial score (nSPS) is 44.7. The molecule has 2 saturated heterocycles.